The van der Waals surface area contributed by atoms with Gasteiger partial charge in [-0.25, -0.2) is 9.97 Å². The monoisotopic (exact) mass is 323 g/mol. The Kier molecular flexibility index (Phi) is 7.01. The second-order valence-corrected chi connectivity index (χ2v) is 5.09. The van der Waals surface area contributed by atoms with Gasteiger partial charge in [0.05, 0.1) is 6.04 Å². The van der Waals surface area contributed by atoms with Crippen LogP contribution in [0.25, 0.3) is 5.82 Å². The van der Waals surface area contributed by atoms with E-state index in [1.165, 1.54) is 0 Å². The van der Waals surface area contributed by atoms with Gasteiger partial charge in [-0.1, -0.05) is 26.3 Å². The summed E-state index contributed by atoms with van der Waals surface area (Å²) in [6.07, 6.45) is 7.78. The molecular formula is C15H22ClN5O. The van der Waals surface area contributed by atoms with Crippen LogP contribution in [0.4, 0.5) is 0 Å². The van der Waals surface area contributed by atoms with E-state index in [-0.39, 0.29) is 24.2 Å². The van der Waals surface area contributed by atoms with E-state index in [1.54, 1.807) is 18.7 Å². The van der Waals surface area contributed by atoms with Crippen molar-refractivity contribution >= 4 is 18.3 Å². The van der Waals surface area contributed by atoms with Crippen molar-refractivity contribution < 1.29 is 4.79 Å². The van der Waals surface area contributed by atoms with Crippen molar-refractivity contribution in [2.75, 3.05) is 0 Å². The maximum absolute atomic E-state index is 12.0. The number of nitrogens with one attached hydrogen (secondary N) is 1. The maximum atomic E-state index is 12.0. The highest BCUT2D eigenvalue weighted by atomic mass is 35.5. The Balaban J connectivity index is 0.00000242. The van der Waals surface area contributed by atoms with E-state index in [0.717, 1.165) is 17.8 Å². The van der Waals surface area contributed by atoms with Crippen molar-refractivity contribution in [3.8, 4) is 5.82 Å². The number of aromatic nitrogens is 3. The third-order valence-electron chi connectivity index (χ3n) is 3.63. The third-order valence-corrected chi connectivity index (χ3v) is 3.63. The fraction of sp³-hybridized carbons (Fsp3) is 0.400. The van der Waals surface area contributed by atoms with Gasteiger partial charge in [-0.2, -0.15) is 0 Å². The first kappa shape index (κ1) is 18.1. The number of nitrogens with zero attached hydrogens (tertiary/aromatic N) is 3. The standard InChI is InChI=1S/C15H21N5O.ClH/c1-3-11(2)13(16)15(21)19-9-12-5-4-6-18-14(12)20-8-7-17-10-20;/h4-8,10-11,13H,3,9,16H2,1-2H3,(H,19,21);1H. The first-order valence-corrected chi connectivity index (χ1v) is 7.09. The van der Waals surface area contributed by atoms with Gasteiger partial charge in [0.25, 0.3) is 0 Å². The number of amides is 1. The van der Waals surface area contributed by atoms with E-state index in [2.05, 4.69) is 15.3 Å². The van der Waals surface area contributed by atoms with Crippen molar-refractivity contribution in [1.82, 2.24) is 19.9 Å². The van der Waals surface area contributed by atoms with Crippen LogP contribution in [0.15, 0.2) is 37.1 Å². The number of halogens is 1. The molecule has 0 bridgehead atoms. The Hall–Kier alpha value is -1.92. The fourth-order valence-corrected chi connectivity index (χ4v) is 2.00. The lowest BCUT2D eigenvalue weighted by molar-refractivity contribution is -0.123. The molecule has 0 saturated carbocycles. The van der Waals surface area contributed by atoms with Crippen LogP contribution in [-0.2, 0) is 11.3 Å². The molecular weight excluding hydrogens is 302 g/mol. The van der Waals surface area contributed by atoms with Gasteiger partial charge in [0.2, 0.25) is 5.91 Å². The molecule has 2 atom stereocenters. The molecule has 0 aromatic carbocycles. The van der Waals surface area contributed by atoms with Crippen LogP contribution in [0.3, 0.4) is 0 Å². The summed E-state index contributed by atoms with van der Waals surface area (Å²) < 4.78 is 1.82. The summed E-state index contributed by atoms with van der Waals surface area (Å²) in [5, 5.41) is 2.88. The molecule has 0 radical (unpaired) electrons. The molecule has 2 rings (SSSR count). The van der Waals surface area contributed by atoms with Gasteiger partial charge >= 0.3 is 0 Å². The van der Waals surface area contributed by atoms with Crippen molar-refractivity contribution in [3.05, 3.63) is 42.6 Å². The predicted molar refractivity (Wildman–Crippen MR) is 87.9 cm³/mol. The Morgan fingerprint density at radius 2 is 2.23 bits per heavy atom. The first-order chi connectivity index (χ1) is 10.1. The van der Waals surface area contributed by atoms with Crippen LogP contribution in [0.5, 0.6) is 0 Å². The minimum atomic E-state index is -0.483. The van der Waals surface area contributed by atoms with Crippen LogP contribution in [0.1, 0.15) is 25.8 Å². The van der Waals surface area contributed by atoms with E-state index < -0.39 is 6.04 Å². The highest BCUT2D eigenvalue weighted by Gasteiger charge is 2.19. The highest BCUT2D eigenvalue weighted by molar-refractivity contribution is 5.85. The molecule has 2 aromatic heterocycles. The van der Waals surface area contributed by atoms with Gasteiger partial charge in [0.1, 0.15) is 12.1 Å². The maximum Gasteiger partial charge on any atom is 0.237 e. The topological polar surface area (TPSA) is 85.8 Å². The molecule has 3 N–H and O–H groups in total. The van der Waals surface area contributed by atoms with Crippen molar-refractivity contribution in [2.45, 2.75) is 32.9 Å². The number of pyridine rings is 1. The third kappa shape index (κ3) is 4.29. The number of carbonyl (C=O) groups excluding carboxylic acids is 1. The van der Waals surface area contributed by atoms with Gasteiger partial charge in [0.15, 0.2) is 0 Å². The van der Waals surface area contributed by atoms with Gasteiger partial charge in [0, 0.05) is 30.7 Å². The smallest absolute Gasteiger partial charge is 0.237 e. The molecule has 0 aliphatic carbocycles. The highest BCUT2D eigenvalue weighted by Crippen LogP contribution is 2.11. The SMILES string of the molecule is CCC(C)C(N)C(=O)NCc1cccnc1-n1ccnc1.Cl. The summed E-state index contributed by atoms with van der Waals surface area (Å²) in [7, 11) is 0. The summed E-state index contributed by atoms with van der Waals surface area (Å²) in [5.74, 6) is 0.782. The quantitative estimate of drug-likeness (QED) is 0.847. The normalized spacial score (nSPS) is 13.0. The summed E-state index contributed by atoms with van der Waals surface area (Å²) in [4.78, 5) is 20.4. The van der Waals surface area contributed by atoms with E-state index in [1.807, 2.05) is 36.7 Å². The van der Waals surface area contributed by atoms with Gasteiger partial charge in [-0.3, -0.25) is 9.36 Å². The zero-order valence-electron chi connectivity index (χ0n) is 12.8. The van der Waals surface area contributed by atoms with E-state index in [4.69, 9.17) is 5.73 Å². The lowest BCUT2D eigenvalue weighted by atomic mass is 9.99. The molecule has 0 aliphatic rings. The van der Waals surface area contributed by atoms with Crippen LogP contribution >= 0.6 is 12.4 Å². The average molecular weight is 324 g/mol. The van der Waals surface area contributed by atoms with Gasteiger partial charge in [-0.05, 0) is 12.0 Å². The largest absolute Gasteiger partial charge is 0.351 e. The summed E-state index contributed by atoms with van der Waals surface area (Å²) in [6, 6.07) is 3.29. The Morgan fingerprint density at radius 1 is 1.45 bits per heavy atom. The molecule has 0 aliphatic heterocycles. The number of hydrogen-bond donors (Lipinski definition) is 2. The molecule has 0 fully saturated rings. The molecule has 22 heavy (non-hydrogen) atoms. The van der Waals surface area contributed by atoms with E-state index >= 15 is 0 Å². The lowest BCUT2D eigenvalue weighted by Crippen LogP contribution is -2.44. The number of hydrogen-bond acceptors (Lipinski definition) is 4. The predicted octanol–water partition coefficient (Wildman–Crippen LogP) is 1.68. The molecule has 1 amide bonds. The van der Waals surface area contributed by atoms with Crippen molar-refractivity contribution in [1.29, 1.82) is 0 Å². The molecule has 2 unspecified atom stereocenters. The molecule has 6 nitrogen and oxygen atoms in total. The van der Waals surface area contributed by atoms with E-state index in [0.29, 0.717) is 6.54 Å². The minimum absolute atomic E-state index is 0. The molecule has 0 spiro atoms. The zero-order valence-corrected chi connectivity index (χ0v) is 13.6. The van der Waals surface area contributed by atoms with Crippen LogP contribution in [0, 0.1) is 5.92 Å². The second-order valence-electron chi connectivity index (χ2n) is 5.09. The second kappa shape index (κ2) is 8.51. The summed E-state index contributed by atoms with van der Waals surface area (Å²) >= 11 is 0. The molecule has 7 heteroatoms. The number of imidazole rings is 1. The zero-order chi connectivity index (χ0) is 15.2. The molecule has 0 saturated heterocycles. The van der Waals surface area contributed by atoms with Gasteiger partial charge < -0.3 is 11.1 Å². The Bertz CT molecular complexity index is 587. The number of carbonyl (C=O) groups is 1. The van der Waals surface area contributed by atoms with Gasteiger partial charge in [-0.15, -0.1) is 12.4 Å². The molecule has 2 heterocycles. The van der Waals surface area contributed by atoms with E-state index in [9.17, 15) is 4.79 Å². The fourth-order valence-electron chi connectivity index (χ4n) is 2.00. The lowest BCUT2D eigenvalue weighted by Gasteiger charge is -2.18. The Morgan fingerprint density at radius 3 is 2.86 bits per heavy atom. The number of rotatable bonds is 6. The summed E-state index contributed by atoms with van der Waals surface area (Å²) in [6.45, 7) is 4.39. The van der Waals surface area contributed by atoms with Crippen molar-refractivity contribution in [3.63, 3.8) is 0 Å². The summed E-state index contributed by atoms with van der Waals surface area (Å²) in [5.41, 5.74) is 6.84. The molecule has 2 aromatic rings. The minimum Gasteiger partial charge on any atom is -0.351 e. The average Bonchev–Trinajstić information content (AvgIpc) is 3.05. The van der Waals surface area contributed by atoms with Crippen LogP contribution in [0.2, 0.25) is 0 Å². The van der Waals surface area contributed by atoms with Crippen LogP contribution in [-0.4, -0.2) is 26.5 Å². The Labute approximate surface area is 136 Å². The van der Waals surface area contributed by atoms with Crippen LogP contribution < -0.4 is 11.1 Å². The number of nitrogens with two attached hydrogens (primary N) is 1. The molecule has 120 valence electrons. The first-order valence-electron chi connectivity index (χ1n) is 7.09. The van der Waals surface area contributed by atoms with Crippen molar-refractivity contribution in [2.24, 2.45) is 11.7 Å².